The van der Waals surface area contributed by atoms with Crippen LogP contribution in [0.4, 0.5) is 0 Å². The highest BCUT2D eigenvalue weighted by molar-refractivity contribution is 5.79. The van der Waals surface area contributed by atoms with Crippen LogP contribution >= 0.6 is 0 Å². The SMILES string of the molecule is CCCOc1cc(C)ccc1CNC(=NC)NCC(C(C)C)N1CCN(C)CC1. The summed E-state index contributed by atoms with van der Waals surface area (Å²) in [5, 5.41) is 7.00. The number of ether oxygens (including phenoxy) is 1. The lowest BCUT2D eigenvalue weighted by Crippen LogP contribution is -2.55. The first-order valence-electron chi connectivity index (χ1n) is 11.0. The zero-order valence-corrected chi connectivity index (χ0v) is 19.3. The summed E-state index contributed by atoms with van der Waals surface area (Å²) in [5.41, 5.74) is 2.38. The van der Waals surface area contributed by atoms with Crippen molar-refractivity contribution in [1.29, 1.82) is 0 Å². The Labute approximate surface area is 177 Å². The van der Waals surface area contributed by atoms with Crippen LogP contribution in [-0.2, 0) is 6.54 Å². The molecule has 1 atom stereocenters. The largest absolute Gasteiger partial charge is 0.493 e. The standard InChI is InChI=1S/C23H41N5O/c1-7-14-29-22-15-19(4)8-9-20(22)16-25-23(24-5)26-17-21(18(2)3)28-12-10-27(6)11-13-28/h8-9,15,18,21H,7,10-14,16-17H2,1-6H3,(H2,24,25,26). The Hall–Kier alpha value is -1.79. The van der Waals surface area contributed by atoms with Crippen LogP contribution in [0.15, 0.2) is 23.2 Å². The van der Waals surface area contributed by atoms with Gasteiger partial charge >= 0.3 is 0 Å². The maximum atomic E-state index is 5.94. The Bertz CT molecular complexity index is 638. The third kappa shape index (κ3) is 7.52. The highest BCUT2D eigenvalue weighted by Crippen LogP contribution is 2.20. The number of nitrogens with one attached hydrogen (secondary N) is 2. The van der Waals surface area contributed by atoms with Crippen molar-refractivity contribution in [2.24, 2.45) is 10.9 Å². The van der Waals surface area contributed by atoms with Gasteiger partial charge in [-0.3, -0.25) is 9.89 Å². The molecular formula is C23H41N5O. The molecule has 1 unspecified atom stereocenters. The lowest BCUT2D eigenvalue weighted by atomic mass is 10.0. The van der Waals surface area contributed by atoms with E-state index < -0.39 is 0 Å². The summed E-state index contributed by atoms with van der Waals surface area (Å²) in [6, 6.07) is 6.89. The molecule has 0 aromatic heterocycles. The molecule has 29 heavy (non-hydrogen) atoms. The summed E-state index contributed by atoms with van der Waals surface area (Å²) in [6.07, 6.45) is 1.01. The Balaban J connectivity index is 1.91. The van der Waals surface area contributed by atoms with Crippen LogP contribution in [0.5, 0.6) is 5.75 Å². The molecule has 1 aliphatic rings. The van der Waals surface area contributed by atoms with Gasteiger partial charge in [-0.1, -0.05) is 32.9 Å². The fourth-order valence-corrected chi connectivity index (χ4v) is 3.69. The minimum absolute atomic E-state index is 0.505. The number of guanidine groups is 1. The Morgan fingerprint density at radius 3 is 2.52 bits per heavy atom. The van der Waals surface area contributed by atoms with Gasteiger partial charge in [-0.25, -0.2) is 0 Å². The number of aliphatic imine (C=N–C) groups is 1. The molecule has 1 heterocycles. The summed E-state index contributed by atoms with van der Waals surface area (Å²) in [5.74, 6) is 2.40. The maximum Gasteiger partial charge on any atom is 0.191 e. The molecule has 0 spiro atoms. The number of rotatable bonds is 9. The van der Waals surface area contributed by atoms with Crippen molar-refractivity contribution in [2.75, 3.05) is 53.4 Å². The van der Waals surface area contributed by atoms with E-state index in [0.29, 0.717) is 18.5 Å². The Morgan fingerprint density at radius 1 is 1.17 bits per heavy atom. The summed E-state index contributed by atoms with van der Waals surface area (Å²) in [6.45, 7) is 15.7. The summed E-state index contributed by atoms with van der Waals surface area (Å²) in [4.78, 5) is 9.44. The fraction of sp³-hybridized carbons (Fsp3) is 0.696. The Morgan fingerprint density at radius 2 is 1.90 bits per heavy atom. The average Bonchev–Trinajstić information content (AvgIpc) is 2.70. The van der Waals surface area contributed by atoms with Gasteiger partial charge in [0, 0.05) is 57.9 Å². The van der Waals surface area contributed by atoms with Gasteiger partial charge in [0.1, 0.15) is 5.75 Å². The smallest absolute Gasteiger partial charge is 0.191 e. The van der Waals surface area contributed by atoms with Crippen molar-refractivity contribution in [3.63, 3.8) is 0 Å². The molecule has 1 aliphatic heterocycles. The monoisotopic (exact) mass is 403 g/mol. The second-order valence-corrected chi connectivity index (χ2v) is 8.42. The molecule has 6 heteroatoms. The first kappa shape index (κ1) is 23.5. The molecular weight excluding hydrogens is 362 g/mol. The summed E-state index contributed by atoms with van der Waals surface area (Å²) >= 11 is 0. The molecule has 164 valence electrons. The number of likely N-dealkylation sites (N-methyl/N-ethyl adjacent to an activating group) is 1. The van der Waals surface area contributed by atoms with Crippen LogP contribution in [0.25, 0.3) is 0 Å². The van der Waals surface area contributed by atoms with Crippen molar-refractivity contribution in [3.05, 3.63) is 29.3 Å². The van der Waals surface area contributed by atoms with E-state index in [-0.39, 0.29) is 0 Å². The van der Waals surface area contributed by atoms with Gasteiger partial charge in [0.15, 0.2) is 5.96 Å². The van der Waals surface area contributed by atoms with Crippen molar-refractivity contribution >= 4 is 5.96 Å². The first-order valence-corrected chi connectivity index (χ1v) is 11.0. The lowest BCUT2D eigenvalue weighted by molar-refractivity contribution is 0.0900. The molecule has 2 rings (SSSR count). The summed E-state index contributed by atoms with van der Waals surface area (Å²) in [7, 11) is 4.04. The topological polar surface area (TPSA) is 52.1 Å². The van der Waals surface area contributed by atoms with Crippen LogP contribution in [0, 0.1) is 12.8 Å². The van der Waals surface area contributed by atoms with Gasteiger partial charge in [-0.05, 0) is 37.9 Å². The maximum absolute atomic E-state index is 5.94. The molecule has 1 aromatic carbocycles. The van der Waals surface area contributed by atoms with E-state index in [9.17, 15) is 0 Å². The van der Waals surface area contributed by atoms with Crippen LogP contribution in [-0.4, -0.2) is 75.2 Å². The highest BCUT2D eigenvalue weighted by Gasteiger charge is 2.25. The van der Waals surface area contributed by atoms with Crippen LogP contribution in [0.1, 0.15) is 38.3 Å². The van der Waals surface area contributed by atoms with Crippen molar-refractivity contribution in [3.8, 4) is 5.75 Å². The lowest BCUT2D eigenvalue weighted by Gasteiger charge is -2.40. The van der Waals surface area contributed by atoms with Gasteiger partial charge in [0.2, 0.25) is 0 Å². The third-order valence-electron chi connectivity index (χ3n) is 5.61. The molecule has 0 aliphatic carbocycles. The van der Waals surface area contributed by atoms with Gasteiger partial charge in [-0.15, -0.1) is 0 Å². The number of aryl methyl sites for hydroxylation is 1. The second kappa shape index (κ2) is 12.0. The molecule has 1 fully saturated rings. The predicted octanol–water partition coefficient (Wildman–Crippen LogP) is 2.72. The summed E-state index contributed by atoms with van der Waals surface area (Å²) < 4.78 is 5.94. The normalized spacial score (nSPS) is 17.4. The average molecular weight is 404 g/mol. The van der Waals surface area contributed by atoms with Crippen LogP contribution in [0.2, 0.25) is 0 Å². The number of hydrogen-bond acceptors (Lipinski definition) is 4. The zero-order chi connectivity index (χ0) is 21.2. The molecule has 2 N–H and O–H groups in total. The van der Waals surface area contributed by atoms with Crippen molar-refractivity contribution in [2.45, 2.75) is 46.7 Å². The molecule has 0 amide bonds. The van der Waals surface area contributed by atoms with Gasteiger partial charge in [0.05, 0.1) is 6.61 Å². The van der Waals surface area contributed by atoms with Gasteiger partial charge in [0.25, 0.3) is 0 Å². The molecule has 0 radical (unpaired) electrons. The predicted molar refractivity (Wildman–Crippen MR) is 123 cm³/mol. The van der Waals surface area contributed by atoms with Crippen molar-refractivity contribution < 1.29 is 4.74 Å². The van der Waals surface area contributed by atoms with E-state index in [0.717, 1.165) is 63.0 Å². The minimum atomic E-state index is 0.505. The molecule has 1 saturated heterocycles. The van der Waals surface area contributed by atoms with E-state index >= 15 is 0 Å². The Kier molecular flexibility index (Phi) is 9.74. The quantitative estimate of drug-likeness (QED) is 0.490. The molecule has 1 aromatic rings. The third-order valence-corrected chi connectivity index (χ3v) is 5.61. The van der Waals surface area contributed by atoms with E-state index in [1.54, 1.807) is 0 Å². The van der Waals surface area contributed by atoms with Gasteiger partial charge < -0.3 is 20.3 Å². The number of piperazine rings is 1. The number of nitrogens with zero attached hydrogens (tertiary/aromatic N) is 3. The van der Waals surface area contributed by atoms with Gasteiger partial charge in [-0.2, -0.15) is 0 Å². The van der Waals surface area contributed by atoms with E-state index in [2.05, 4.69) is 78.4 Å². The van der Waals surface area contributed by atoms with Crippen LogP contribution in [0.3, 0.4) is 0 Å². The minimum Gasteiger partial charge on any atom is -0.493 e. The zero-order valence-electron chi connectivity index (χ0n) is 19.3. The van der Waals surface area contributed by atoms with Crippen LogP contribution < -0.4 is 15.4 Å². The van der Waals surface area contributed by atoms with E-state index in [4.69, 9.17) is 4.74 Å². The molecule has 0 saturated carbocycles. The fourth-order valence-electron chi connectivity index (χ4n) is 3.69. The van der Waals surface area contributed by atoms with E-state index in [1.807, 2.05) is 7.05 Å². The first-order chi connectivity index (χ1) is 13.9. The van der Waals surface area contributed by atoms with E-state index in [1.165, 1.54) is 5.56 Å². The number of hydrogen-bond donors (Lipinski definition) is 2. The highest BCUT2D eigenvalue weighted by atomic mass is 16.5. The van der Waals surface area contributed by atoms with Crippen molar-refractivity contribution in [1.82, 2.24) is 20.4 Å². The second-order valence-electron chi connectivity index (χ2n) is 8.42. The number of benzene rings is 1. The molecule has 0 bridgehead atoms. The molecule has 6 nitrogen and oxygen atoms in total.